The summed E-state index contributed by atoms with van der Waals surface area (Å²) < 4.78 is 0. The molecule has 0 heterocycles. The van der Waals surface area contributed by atoms with E-state index in [0.717, 1.165) is 32.1 Å². The van der Waals surface area contributed by atoms with Gasteiger partial charge in [0.25, 0.3) is 0 Å². The van der Waals surface area contributed by atoms with Crippen LogP contribution in [-0.2, 0) is 9.59 Å². The first-order valence-corrected chi connectivity index (χ1v) is 6.85. The molecular weight excluding hydrogens is 232 g/mol. The van der Waals surface area contributed by atoms with Crippen molar-refractivity contribution in [2.45, 2.75) is 44.6 Å². The summed E-state index contributed by atoms with van der Waals surface area (Å²) in [6.07, 6.45) is 5.09. The van der Waals surface area contributed by atoms with E-state index in [2.05, 4.69) is 0 Å². The highest BCUT2D eigenvalue weighted by molar-refractivity contribution is 5.80. The summed E-state index contributed by atoms with van der Waals surface area (Å²) in [6.45, 7) is 0.917. The molecule has 102 valence electrons. The molecule has 2 saturated carbocycles. The number of carboxylic acid groups (broad SMARTS) is 1. The Morgan fingerprint density at radius 1 is 1.22 bits per heavy atom. The fourth-order valence-corrected chi connectivity index (χ4v) is 2.93. The molecule has 5 heteroatoms. The number of nitrogens with zero attached hydrogens (tertiary/aromatic N) is 1. The number of aliphatic carboxylic acids is 1. The molecule has 2 atom stereocenters. The van der Waals surface area contributed by atoms with E-state index >= 15 is 0 Å². The fourth-order valence-electron chi connectivity index (χ4n) is 2.93. The number of carbonyl (C=O) groups is 2. The first kappa shape index (κ1) is 13.3. The normalized spacial score (nSPS) is 27.2. The van der Waals surface area contributed by atoms with Crippen molar-refractivity contribution in [2.75, 3.05) is 13.1 Å². The zero-order valence-corrected chi connectivity index (χ0v) is 10.7. The Hall–Kier alpha value is -1.10. The highest BCUT2D eigenvalue weighted by atomic mass is 16.4. The predicted octanol–water partition coefficient (Wildman–Crippen LogP) is 0.827. The van der Waals surface area contributed by atoms with Crippen LogP contribution >= 0.6 is 0 Å². The zero-order chi connectivity index (χ0) is 13.1. The van der Waals surface area contributed by atoms with Gasteiger partial charge in [-0.2, -0.15) is 0 Å². The summed E-state index contributed by atoms with van der Waals surface area (Å²) in [5.41, 5.74) is 5.71. The van der Waals surface area contributed by atoms with Crippen LogP contribution in [0.2, 0.25) is 0 Å². The third kappa shape index (κ3) is 3.02. The first-order chi connectivity index (χ1) is 8.63. The number of amides is 1. The van der Waals surface area contributed by atoms with E-state index in [1.54, 1.807) is 4.90 Å². The summed E-state index contributed by atoms with van der Waals surface area (Å²) in [5.74, 6) is -0.366. The number of rotatable bonds is 6. The predicted molar refractivity (Wildman–Crippen MR) is 66.9 cm³/mol. The molecule has 3 N–H and O–H groups in total. The van der Waals surface area contributed by atoms with Crippen molar-refractivity contribution in [1.82, 2.24) is 4.90 Å². The highest BCUT2D eigenvalue weighted by Gasteiger charge is 2.40. The van der Waals surface area contributed by atoms with Gasteiger partial charge < -0.3 is 15.7 Å². The Morgan fingerprint density at radius 3 is 2.50 bits per heavy atom. The quantitative estimate of drug-likeness (QED) is 0.735. The number of carbonyl (C=O) groups excluding carboxylic acids is 1. The maximum absolute atomic E-state index is 12.5. The molecule has 0 aromatic carbocycles. The fraction of sp³-hybridized carbons (Fsp3) is 0.846. The molecule has 1 amide bonds. The van der Waals surface area contributed by atoms with Crippen LogP contribution in [0.1, 0.15) is 38.5 Å². The maximum atomic E-state index is 12.5. The van der Waals surface area contributed by atoms with Crippen molar-refractivity contribution in [2.24, 2.45) is 17.6 Å². The van der Waals surface area contributed by atoms with Gasteiger partial charge in [-0.25, -0.2) is 0 Å². The minimum atomic E-state index is -0.838. The van der Waals surface area contributed by atoms with Crippen molar-refractivity contribution in [3.8, 4) is 0 Å². The van der Waals surface area contributed by atoms with Crippen LogP contribution in [0.15, 0.2) is 0 Å². The van der Waals surface area contributed by atoms with E-state index in [9.17, 15) is 9.59 Å². The van der Waals surface area contributed by atoms with Gasteiger partial charge >= 0.3 is 5.97 Å². The van der Waals surface area contributed by atoms with Crippen LogP contribution in [0.25, 0.3) is 0 Å². The average molecular weight is 254 g/mol. The van der Waals surface area contributed by atoms with Gasteiger partial charge in [0.1, 0.15) is 0 Å². The van der Waals surface area contributed by atoms with Crippen molar-refractivity contribution in [3.05, 3.63) is 0 Å². The standard InChI is InChI=1S/C13H22N2O3/c14-8-9-2-1-3-11(9)13(18)15(10-4-5-10)7-6-12(16)17/h9-11H,1-8,14H2,(H,16,17). The molecule has 2 unspecified atom stereocenters. The van der Waals surface area contributed by atoms with E-state index < -0.39 is 5.97 Å². The van der Waals surface area contributed by atoms with Crippen molar-refractivity contribution in [3.63, 3.8) is 0 Å². The molecule has 0 aromatic rings. The van der Waals surface area contributed by atoms with Crippen molar-refractivity contribution < 1.29 is 14.7 Å². The smallest absolute Gasteiger partial charge is 0.305 e. The van der Waals surface area contributed by atoms with Gasteiger partial charge in [-0.1, -0.05) is 6.42 Å². The molecule has 5 nitrogen and oxygen atoms in total. The molecule has 0 spiro atoms. The van der Waals surface area contributed by atoms with Gasteiger partial charge in [0, 0.05) is 18.5 Å². The van der Waals surface area contributed by atoms with Gasteiger partial charge in [-0.15, -0.1) is 0 Å². The number of nitrogens with two attached hydrogens (primary N) is 1. The number of hydrogen-bond donors (Lipinski definition) is 2. The average Bonchev–Trinajstić information content (AvgIpc) is 3.06. The lowest BCUT2D eigenvalue weighted by Crippen LogP contribution is -2.41. The Kier molecular flexibility index (Phi) is 4.22. The molecule has 2 aliphatic rings. The number of carboxylic acids is 1. The van der Waals surface area contributed by atoms with E-state index in [1.807, 2.05) is 0 Å². The van der Waals surface area contributed by atoms with Gasteiger partial charge in [0.05, 0.1) is 6.42 Å². The van der Waals surface area contributed by atoms with Gasteiger partial charge in [-0.3, -0.25) is 9.59 Å². The Balaban J connectivity index is 1.96. The second-order valence-corrected chi connectivity index (χ2v) is 5.44. The third-order valence-electron chi connectivity index (χ3n) is 4.12. The Morgan fingerprint density at radius 2 is 1.94 bits per heavy atom. The van der Waals surface area contributed by atoms with Crippen LogP contribution in [0.4, 0.5) is 0 Å². The largest absolute Gasteiger partial charge is 0.481 e. The van der Waals surface area contributed by atoms with Crippen LogP contribution in [0.3, 0.4) is 0 Å². The Bertz CT molecular complexity index is 328. The minimum absolute atomic E-state index is 0.0318. The topological polar surface area (TPSA) is 83.6 Å². The lowest BCUT2D eigenvalue weighted by atomic mass is 9.94. The molecule has 2 aliphatic carbocycles. The molecule has 0 aliphatic heterocycles. The van der Waals surface area contributed by atoms with E-state index in [1.165, 1.54) is 0 Å². The number of hydrogen-bond acceptors (Lipinski definition) is 3. The molecule has 18 heavy (non-hydrogen) atoms. The molecule has 0 aromatic heterocycles. The second-order valence-electron chi connectivity index (χ2n) is 5.44. The van der Waals surface area contributed by atoms with Crippen molar-refractivity contribution in [1.29, 1.82) is 0 Å². The molecular formula is C13H22N2O3. The molecule has 0 bridgehead atoms. The van der Waals surface area contributed by atoms with E-state index in [0.29, 0.717) is 19.0 Å². The third-order valence-corrected chi connectivity index (χ3v) is 4.12. The van der Waals surface area contributed by atoms with E-state index in [4.69, 9.17) is 10.8 Å². The zero-order valence-electron chi connectivity index (χ0n) is 10.7. The van der Waals surface area contributed by atoms with Crippen LogP contribution in [-0.4, -0.2) is 41.0 Å². The monoisotopic (exact) mass is 254 g/mol. The van der Waals surface area contributed by atoms with Crippen molar-refractivity contribution >= 4 is 11.9 Å². The summed E-state index contributed by atoms with van der Waals surface area (Å²) >= 11 is 0. The van der Waals surface area contributed by atoms with Crippen LogP contribution in [0, 0.1) is 11.8 Å². The summed E-state index contributed by atoms with van der Waals surface area (Å²) in [5, 5.41) is 8.75. The maximum Gasteiger partial charge on any atom is 0.305 e. The minimum Gasteiger partial charge on any atom is -0.481 e. The summed E-state index contributed by atoms with van der Waals surface area (Å²) in [7, 11) is 0. The SMILES string of the molecule is NCC1CCCC1C(=O)N(CCC(=O)O)C1CC1. The molecule has 0 saturated heterocycles. The summed E-state index contributed by atoms with van der Waals surface area (Å²) in [4.78, 5) is 24.9. The summed E-state index contributed by atoms with van der Waals surface area (Å²) in [6, 6.07) is 0.288. The lowest BCUT2D eigenvalue weighted by Gasteiger charge is -2.27. The van der Waals surface area contributed by atoms with Gasteiger partial charge in [0.15, 0.2) is 0 Å². The highest BCUT2D eigenvalue weighted by Crippen LogP contribution is 2.36. The van der Waals surface area contributed by atoms with Gasteiger partial charge in [-0.05, 0) is 38.1 Å². The molecule has 2 rings (SSSR count). The van der Waals surface area contributed by atoms with Crippen LogP contribution in [0.5, 0.6) is 0 Å². The molecule has 2 fully saturated rings. The Labute approximate surface area is 107 Å². The molecule has 0 radical (unpaired) electrons. The van der Waals surface area contributed by atoms with Crippen LogP contribution < -0.4 is 5.73 Å². The second kappa shape index (κ2) is 5.69. The van der Waals surface area contributed by atoms with Gasteiger partial charge in [0.2, 0.25) is 5.91 Å². The first-order valence-electron chi connectivity index (χ1n) is 6.85. The van der Waals surface area contributed by atoms with E-state index in [-0.39, 0.29) is 24.3 Å². The lowest BCUT2D eigenvalue weighted by molar-refractivity contribution is -0.140.